The highest BCUT2D eigenvalue weighted by Crippen LogP contribution is 2.30. The topological polar surface area (TPSA) is 6.48 Å². The van der Waals surface area contributed by atoms with E-state index in [2.05, 4.69) is 58.8 Å². The van der Waals surface area contributed by atoms with Gasteiger partial charge in [0.25, 0.3) is 0 Å². The molecule has 2 aromatic rings. The maximum Gasteiger partial charge on any atom is 0.0602 e. The zero-order chi connectivity index (χ0) is 16.1. The summed E-state index contributed by atoms with van der Waals surface area (Å²) in [6, 6.07) is 19.3. The molecule has 0 aliphatic carbocycles. The standard InChI is InChI=1S/C20H23ClN2/c1-2-12-22-13-15-23(16-14-22)20(17-6-4-3-5-7-17)18-8-10-19(21)11-9-18/h2-11,20H,1,12-16H2/t20-/m1/s1. The average molecular weight is 327 g/mol. The molecule has 3 heteroatoms. The third kappa shape index (κ3) is 4.03. The van der Waals surface area contributed by atoms with Crippen molar-refractivity contribution in [3.63, 3.8) is 0 Å². The van der Waals surface area contributed by atoms with Crippen molar-refractivity contribution < 1.29 is 0 Å². The second-order valence-electron chi connectivity index (χ2n) is 5.99. The number of piperazine rings is 1. The zero-order valence-corrected chi connectivity index (χ0v) is 14.1. The number of nitrogens with zero attached hydrogens (tertiary/aromatic N) is 2. The lowest BCUT2D eigenvalue weighted by Crippen LogP contribution is -2.47. The van der Waals surface area contributed by atoms with Gasteiger partial charge in [0, 0.05) is 37.7 Å². The van der Waals surface area contributed by atoms with Crippen LogP contribution >= 0.6 is 11.6 Å². The highest BCUT2D eigenvalue weighted by Gasteiger charge is 2.25. The Hall–Kier alpha value is -1.61. The van der Waals surface area contributed by atoms with Crippen LogP contribution in [0, 0.1) is 0 Å². The normalized spacial score (nSPS) is 17.8. The molecule has 0 aromatic heterocycles. The smallest absolute Gasteiger partial charge is 0.0602 e. The summed E-state index contributed by atoms with van der Waals surface area (Å²) in [5, 5.41) is 0.788. The van der Waals surface area contributed by atoms with E-state index in [-0.39, 0.29) is 0 Å². The van der Waals surface area contributed by atoms with Gasteiger partial charge in [-0.3, -0.25) is 9.80 Å². The van der Waals surface area contributed by atoms with Gasteiger partial charge in [0.05, 0.1) is 6.04 Å². The Morgan fingerprint density at radius 1 is 0.913 bits per heavy atom. The molecular weight excluding hydrogens is 304 g/mol. The number of halogens is 1. The minimum absolute atomic E-state index is 0.291. The predicted octanol–water partition coefficient (Wildman–Crippen LogP) is 4.23. The number of hydrogen-bond acceptors (Lipinski definition) is 2. The van der Waals surface area contributed by atoms with Crippen LogP contribution in [0.15, 0.2) is 67.3 Å². The van der Waals surface area contributed by atoms with Gasteiger partial charge in [0.1, 0.15) is 0 Å². The van der Waals surface area contributed by atoms with E-state index in [1.165, 1.54) is 11.1 Å². The second-order valence-corrected chi connectivity index (χ2v) is 6.43. The Morgan fingerprint density at radius 2 is 1.52 bits per heavy atom. The lowest BCUT2D eigenvalue weighted by Gasteiger charge is -2.39. The van der Waals surface area contributed by atoms with Crippen LogP contribution in [0.2, 0.25) is 5.02 Å². The fourth-order valence-electron chi connectivity index (χ4n) is 3.28. The van der Waals surface area contributed by atoms with Crippen LogP contribution in [0.3, 0.4) is 0 Å². The highest BCUT2D eigenvalue weighted by atomic mass is 35.5. The largest absolute Gasteiger partial charge is 0.297 e. The van der Waals surface area contributed by atoms with Crippen LogP contribution in [-0.2, 0) is 0 Å². The first-order valence-electron chi connectivity index (χ1n) is 8.15. The summed E-state index contributed by atoms with van der Waals surface area (Å²) >= 11 is 6.07. The third-order valence-corrected chi connectivity index (χ3v) is 4.71. The number of benzene rings is 2. The lowest BCUT2D eigenvalue weighted by atomic mass is 9.96. The van der Waals surface area contributed by atoms with Gasteiger partial charge < -0.3 is 0 Å². The van der Waals surface area contributed by atoms with Gasteiger partial charge in [-0.1, -0.05) is 60.1 Å². The molecule has 0 amide bonds. The molecule has 0 bridgehead atoms. The summed E-state index contributed by atoms with van der Waals surface area (Å²) in [7, 11) is 0. The molecule has 2 aromatic carbocycles. The average Bonchev–Trinajstić information content (AvgIpc) is 2.60. The SMILES string of the molecule is C=CCN1CCN([C@H](c2ccccc2)c2ccc(Cl)cc2)CC1. The second kappa shape index (κ2) is 7.78. The minimum atomic E-state index is 0.291. The summed E-state index contributed by atoms with van der Waals surface area (Å²) < 4.78 is 0. The Kier molecular flexibility index (Phi) is 5.50. The van der Waals surface area contributed by atoms with Crippen LogP contribution in [0.1, 0.15) is 17.2 Å². The molecule has 0 unspecified atom stereocenters. The van der Waals surface area contributed by atoms with Gasteiger partial charge in [-0.15, -0.1) is 6.58 Å². The first-order chi connectivity index (χ1) is 11.3. The molecule has 0 saturated carbocycles. The van der Waals surface area contributed by atoms with Crippen LogP contribution in [-0.4, -0.2) is 42.5 Å². The molecule has 120 valence electrons. The summed E-state index contributed by atoms with van der Waals surface area (Å²) in [6.45, 7) is 9.13. The van der Waals surface area contributed by atoms with Gasteiger partial charge in [0.15, 0.2) is 0 Å². The monoisotopic (exact) mass is 326 g/mol. The summed E-state index contributed by atoms with van der Waals surface area (Å²) in [4.78, 5) is 5.02. The molecule has 1 fully saturated rings. The molecular formula is C20H23ClN2. The fraction of sp³-hybridized carbons (Fsp3) is 0.300. The molecule has 1 atom stereocenters. The van der Waals surface area contributed by atoms with Gasteiger partial charge in [-0.2, -0.15) is 0 Å². The maximum absolute atomic E-state index is 6.07. The molecule has 0 spiro atoms. The van der Waals surface area contributed by atoms with E-state index < -0.39 is 0 Å². The Labute approximate surface area is 144 Å². The van der Waals surface area contributed by atoms with E-state index in [1.807, 2.05) is 18.2 Å². The molecule has 1 aliphatic rings. The summed E-state index contributed by atoms with van der Waals surface area (Å²) in [5.41, 5.74) is 2.64. The van der Waals surface area contributed by atoms with Crippen molar-refractivity contribution in [3.05, 3.63) is 83.4 Å². The van der Waals surface area contributed by atoms with Crippen LogP contribution < -0.4 is 0 Å². The molecule has 2 nitrogen and oxygen atoms in total. The van der Waals surface area contributed by atoms with Crippen molar-refractivity contribution in [1.29, 1.82) is 0 Å². The third-order valence-electron chi connectivity index (χ3n) is 4.46. The quantitative estimate of drug-likeness (QED) is 0.759. The number of hydrogen-bond donors (Lipinski definition) is 0. The number of rotatable bonds is 5. The van der Waals surface area contributed by atoms with Crippen molar-refractivity contribution in [1.82, 2.24) is 9.80 Å². The van der Waals surface area contributed by atoms with E-state index in [0.29, 0.717) is 6.04 Å². The highest BCUT2D eigenvalue weighted by molar-refractivity contribution is 6.30. The van der Waals surface area contributed by atoms with Crippen molar-refractivity contribution in [2.75, 3.05) is 32.7 Å². The van der Waals surface area contributed by atoms with Crippen molar-refractivity contribution >= 4 is 11.6 Å². The van der Waals surface area contributed by atoms with Gasteiger partial charge in [-0.25, -0.2) is 0 Å². The van der Waals surface area contributed by atoms with Crippen LogP contribution in [0.5, 0.6) is 0 Å². The molecule has 0 radical (unpaired) electrons. The van der Waals surface area contributed by atoms with E-state index in [1.54, 1.807) is 0 Å². The van der Waals surface area contributed by atoms with Crippen molar-refractivity contribution in [2.45, 2.75) is 6.04 Å². The van der Waals surface area contributed by atoms with E-state index >= 15 is 0 Å². The summed E-state index contributed by atoms with van der Waals surface area (Å²) in [6.07, 6.45) is 1.99. The molecule has 1 heterocycles. The van der Waals surface area contributed by atoms with Crippen molar-refractivity contribution in [3.8, 4) is 0 Å². The van der Waals surface area contributed by atoms with Gasteiger partial charge >= 0.3 is 0 Å². The lowest BCUT2D eigenvalue weighted by molar-refractivity contribution is 0.118. The molecule has 1 aliphatic heterocycles. The summed E-state index contributed by atoms with van der Waals surface area (Å²) in [5.74, 6) is 0. The van der Waals surface area contributed by atoms with E-state index in [9.17, 15) is 0 Å². The first kappa shape index (κ1) is 16.3. The molecule has 1 saturated heterocycles. The molecule has 23 heavy (non-hydrogen) atoms. The molecule has 3 rings (SSSR count). The van der Waals surface area contributed by atoms with Crippen LogP contribution in [0.25, 0.3) is 0 Å². The fourth-order valence-corrected chi connectivity index (χ4v) is 3.41. The first-order valence-corrected chi connectivity index (χ1v) is 8.53. The van der Waals surface area contributed by atoms with Gasteiger partial charge in [-0.05, 0) is 23.3 Å². The van der Waals surface area contributed by atoms with Crippen molar-refractivity contribution in [2.24, 2.45) is 0 Å². The van der Waals surface area contributed by atoms with E-state index in [0.717, 1.165) is 37.7 Å². The van der Waals surface area contributed by atoms with E-state index in [4.69, 9.17) is 11.6 Å². The Bertz CT molecular complexity index is 616. The maximum atomic E-state index is 6.07. The predicted molar refractivity (Wildman–Crippen MR) is 97.9 cm³/mol. The van der Waals surface area contributed by atoms with Crippen LogP contribution in [0.4, 0.5) is 0 Å². The Balaban J connectivity index is 1.84. The molecule has 0 N–H and O–H groups in total. The minimum Gasteiger partial charge on any atom is -0.297 e. The van der Waals surface area contributed by atoms with Gasteiger partial charge in [0.2, 0.25) is 0 Å². The zero-order valence-electron chi connectivity index (χ0n) is 13.4. The Morgan fingerprint density at radius 3 is 2.13 bits per heavy atom.